The van der Waals surface area contributed by atoms with Crippen LogP contribution in [0, 0.1) is 18.8 Å². The molecule has 1 aromatic rings. The van der Waals surface area contributed by atoms with Crippen LogP contribution in [0.4, 0.5) is 5.69 Å². The van der Waals surface area contributed by atoms with Gasteiger partial charge in [-0.05, 0) is 53.4 Å². The Bertz CT molecular complexity index is 573. The third-order valence-corrected chi connectivity index (χ3v) is 4.88. The van der Waals surface area contributed by atoms with Crippen molar-refractivity contribution in [2.24, 2.45) is 11.8 Å². The lowest BCUT2D eigenvalue weighted by Gasteiger charge is -2.40. The number of nitrogens with one attached hydrogen (secondary N) is 1. The Balaban J connectivity index is 1.96. The minimum absolute atomic E-state index is 0.0144. The summed E-state index contributed by atoms with van der Waals surface area (Å²) in [5.41, 5.74) is 4.53. The molecule has 2 atom stereocenters. The standard InChI is InChI=1S/C15H17BrN2O2/c1-9-6-7-12(16)13(8-9)18-15(20)11-5-3-2-4-10(11)14(19)17-18/h6-8,10-11H,2-5H2,1H3,(H,17,19)/t10-,11+/m1/s1. The summed E-state index contributed by atoms with van der Waals surface area (Å²) in [6, 6.07) is 5.77. The largest absolute Gasteiger partial charge is 0.273 e. The molecule has 1 heterocycles. The van der Waals surface area contributed by atoms with Gasteiger partial charge in [0.1, 0.15) is 0 Å². The molecule has 0 unspecified atom stereocenters. The SMILES string of the molecule is Cc1ccc(Br)c(N2NC(=O)[C@@H]3CCCC[C@@H]3C2=O)c1. The van der Waals surface area contributed by atoms with Crippen molar-refractivity contribution in [3.8, 4) is 0 Å². The van der Waals surface area contributed by atoms with Crippen molar-refractivity contribution in [2.75, 3.05) is 5.01 Å². The molecule has 1 aliphatic carbocycles. The van der Waals surface area contributed by atoms with E-state index in [9.17, 15) is 9.59 Å². The van der Waals surface area contributed by atoms with Gasteiger partial charge < -0.3 is 0 Å². The number of hydrogen-bond acceptors (Lipinski definition) is 2. The molecule has 0 spiro atoms. The average molecular weight is 337 g/mol. The van der Waals surface area contributed by atoms with Gasteiger partial charge in [0, 0.05) is 4.47 Å². The third-order valence-electron chi connectivity index (χ3n) is 4.20. The number of benzene rings is 1. The van der Waals surface area contributed by atoms with Crippen LogP contribution in [0.15, 0.2) is 22.7 Å². The number of aryl methyl sites for hydroxylation is 1. The van der Waals surface area contributed by atoms with Gasteiger partial charge in [-0.3, -0.25) is 15.0 Å². The van der Waals surface area contributed by atoms with Crippen LogP contribution in [0.5, 0.6) is 0 Å². The zero-order valence-electron chi connectivity index (χ0n) is 11.4. The van der Waals surface area contributed by atoms with E-state index in [1.165, 1.54) is 5.01 Å². The summed E-state index contributed by atoms with van der Waals surface area (Å²) in [6.45, 7) is 1.97. The van der Waals surface area contributed by atoms with E-state index >= 15 is 0 Å². The quantitative estimate of drug-likeness (QED) is 0.857. The minimum Gasteiger partial charge on any atom is -0.273 e. The van der Waals surface area contributed by atoms with E-state index in [4.69, 9.17) is 0 Å². The monoisotopic (exact) mass is 336 g/mol. The molecule has 0 bridgehead atoms. The van der Waals surface area contributed by atoms with Crippen LogP contribution in [-0.4, -0.2) is 11.8 Å². The van der Waals surface area contributed by atoms with Crippen molar-refractivity contribution in [1.82, 2.24) is 5.43 Å². The second-order valence-electron chi connectivity index (χ2n) is 5.60. The second-order valence-corrected chi connectivity index (χ2v) is 6.46. The second kappa shape index (κ2) is 5.20. The lowest BCUT2D eigenvalue weighted by Crippen LogP contribution is -2.59. The van der Waals surface area contributed by atoms with Crippen LogP contribution in [0.3, 0.4) is 0 Å². The zero-order chi connectivity index (χ0) is 14.3. The summed E-state index contributed by atoms with van der Waals surface area (Å²) in [7, 11) is 0. The Kier molecular flexibility index (Phi) is 3.54. The number of hydrazine groups is 1. The fraction of sp³-hybridized carbons (Fsp3) is 0.467. The van der Waals surface area contributed by atoms with E-state index in [1.54, 1.807) is 0 Å². The molecule has 106 valence electrons. The first-order valence-electron chi connectivity index (χ1n) is 6.98. The number of rotatable bonds is 1. The third kappa shape index (κ3) is 2.24. The predicted octanol–water partition coefficient (Wildman–Crippen LogP) is 2.94. The molecular formula is C15H17BrN2O2. The molecule has 2 amide bonds. The number of nitrogens with zero attached hydrogens (tertiary/aromatic N) is 1. The van der Waals surface area contributed by atoms with Crippen LogP contribution < -0.4 is 10.4 Å². The summed E-state index contributed by atoms with van der Waals surface area (Å²) in [5.74, 6) is -0.315. The van der Waals surface area contributed by atoms with E-state index in [0.717, 1.165) is 35.7 Å². The highest BCUT2D eigenvalue weighted by Gasteiger charge is 2.43. The highest BCUT2D eigenvalue weighted by Crippen LogP contribution is 2.37. The molecule has 0 aromatic heterocycles. The Morgan fingerprint density at radius 3 is 2.65 bits per heavy atom. The first kappa shape index (κ1) is 13.6. The van der Waals surface area contributed by atoms with Gasteiger partial charge in [-0.1, -0.05) is 18.9 Å². The van der Waals surface area contributed by atoms with Crippen molar-refractivity contribution in [3.05, 3.63) is 28.2 Å². The summed E-state index contributed by atoms with van der Waals surface area (Å²) >= 11 is 3.46. The van der Waals surface area contributed by atoms with E-state index in [1.807, 2.05) is 25.1 Å². The normalized spacial score (nSPS) is 26.2. The first-order chi connectivity index (χ1) is 9.58. The number of anilines is 1. The highest BCUT2D eigenvalue weighted by atomic mass is 79.9. The highest BCUT2D eigenvalue weighted by molar-refractivity contribution is 9.10. The van der Waals surface area contributed by atoms with Crippen molar-refractivity contribution in [3.63, 3.8) is 0 Å². The van der Waals surface area contributed by atoms with Crippen LogP contribution in [-0.2, 0) is 9.59 Å². The van der Waals surface area contributed by atoms with E-state index in [0.29, 0.717) is 5.69 Å². The molecule has 1 saturated heterocycles. The molecular weight excluding hydrogens is 320 g/mol. The summed E-state index contributed by atoms with van der Waals surface area (Å²) in [5, 5.41) is 1.42. The lowest BCUT2D eigenvalue weighted by molar-refractivity contribution is -0.141. The van der Waals surface area contributed by atoms with Gasteiger partial charge in [-0.2, -0.15) is 0 Å². The fourth-order valence-electron chi connectivity index (χ4n) is 3.13. The van der Waals surface area contributed by atoms with E-state index in [2.05, 4.69) is 21.4 Å². The van der Waals surface area contributed by atoms with Gasteiger partial charge >= 0.3 is 0 Å². The molecule has 2 fully saturated rings. The Morgan fingerprint density at radius 1 is 1.20 bits per heavy atom. The predicted molar refractivity (Wildman–Crippen MR) is 80.0 cm³/mol. The van der Waals surface area contributed by atoms with Crippen LogP contribution in [0.1, 0.15) is 31.2 Å². The molecule has 20 heavy (non-hydrogen) atoms. The smallest absolute Gasteiger partial charge is 0.249 e. The molecule has 1 aromatic carbocycles. The molecule has 1 aliphatic heterocycles. The average Bonchev–Trinajstić information content (AvgIpc) is 2.46. The maximum absolute atomic E-state index is 12.7. The Hall–Kier alpha value is -1.36. The van der Waals surface area contributed by atoms with Gasteiger partial charge in [0.15, 0.2) is 0 Å². The van der Waals surface area contributed by atoms with Crippen molar-refractivity contribution in [1.29, 1.82) is 0 Å². The number of carbonyl (C=O) groups excluding carboxylic acids is 2. The first-order valence-corrected chi connectivity index (χ1v) is 7.78. The van der Waals surface area contributed by atoms with Gasteiger partial charge in [0.2, 0.25) is 11.8 Å². The van der Waals surface area contributed by atoms with Gasteiger partial charge in [-0.25, -0.2) is 5.01 Å². The van der Waals surface area contributed by atoms with Crippen molar-refractivity contribution >= 4 is 33.4 Å². The molecule has 0 radical (unpaired) electrons. The molecule has 5 heteroatoms. The summed E-state index contributed by atoms with van der Waals surface area (Å²) < 4.78 is 0.811. The number of fused-ring (bicyclic) bond motifs is 1. The molecule has 1 N–H and O–H groups in total. The van der Waals surface area contributed by atoms with Gasteiger partial charge in [0.25, 0.3) is 0 Å². The fourth-order valence-corrected chi connectivity index (χ4v) is 3.55. The maximum atomic E-state index is 12.7. The summed E-state index contributed by atoms with van der Waals surface area (Å²) in [6.07, 6.45) is 3.71. The van der Waals surface area contributed by atoms with E-state index < -0.39 is 0 Å². The number of halogens is 1. The van der Waals surface area contributed by atoms with Gasteiger partial charge in [0.05, 0.1) is 17.5 Å². The maximum Gasteiger partial charge on any atom is 0.249 e. The zero-order valence-corrected chi connectivity index (χ0v) is 12.9. The molecule has 2 aliphatic rings. The van der Waals surface area contributed by atoms with Crippen molar-refractivity contribution in [2.45, 2.75) is 32.6 Å². The summed E-state index contributed by atoms with van der Waals surface area (Å²) in [4.78, 5) is 24.9. The van der Waals surface area contributed by atoms with Crippen LogP contribution in [0.2, 0.25) is 0 Å². The van der Waals surface area contributed by atoms with Gasteiger partial charge in [-0.15, -0.1) is 0 Å². The van der Waals surface area contributed by atoms with Crippen LogP contribution >= 0.6 is 15.9 Å². The lowest BCUT2D eigenvalue weighted by atomic mass is 9.77. The molecule has 3 rings (SSSR count). The molecule has 4 nitrogen and oxygen atoms in total. The minimum atomic E-state index is -0.162. The number of carbonyl (C=O) groups is 2. The Labute approximate surface area is 126 Å². The Morgan fingerprint density at radius 2 is 1.90 bits per heavy atom. The topological polar surface area (TPSA) is 49.4 Å². The van der Waals surface area contributed by atoms with Crippen molar-refractivity contribution < 1.29 is 9.59 Å². The van der Waals surface area contributed by atoms with Crippen LogP contribution in [0.25, 0.3) is 0 Å². The number of hydrogen-bond donors (Lipinski definition) is 1. The van der Waals surface area contributed by atoms with E-state index in [-0.39, 0.29) is 23.7 Å². The number of amides is 2. The molecule has 1 saturated carbocycles.